The zero-order valence-electron chi connectivity index (χ0n) is 12.4. The summed E-state index contributed by atoms with van der Waals surface area (Å²) < 4.78 is 6.13. The summed E-state index contributed by atoms with van der Waals surface area (Å²) in [6, 6.07) is 5.69. The fourth-order valence-corrected chi connectivity index (χ4v) is 2.82. The number of halogens is 1. The van der Waals surface area contributed by atoms with Gasteiger partial charge in [0, 0.05) is 10.4 Å². The molecule has 7 heteroatoms. The van der Waals surface area contributed by atoms with Crippen LogP contribution in [0.3, 0.4) is 0 Å². The first-order valence-electron chi connectivity index (χ1n) is 7.22. The number of aromatic nitrogens is 1. The SMILES string of the molecule is Cc1nc(C2CC2)oc1C(=O)NC(C(=O)O)c1ccccc1Br. The number of carboxylic acids is 1. The molecule has 1 saturated carbocycles. The average molecular weight is 379 g/mol. The van der Waals surface area contributed by atoms with E-state index in [1.165, 1.54) is 0 Å². The van der Waals surface area contributed by atoms with Gasteiger partial charge >= 0.3 is 5.97 Å². The molecule has 1 fully saturated rings. The Morgan fingerprint density at radius 3 is 2.70 bits per heavy atom. The number of amides is 1. The molecular weight excluding hydrogens is 364 g/mol. The van der Waals surface area contributed by atoms with Crippen molar-refractivity contribution in [2.75, 3.05) is 0 Å². The number of aliphatic carboxylic acids is 1. The molecule has 0 bridgehead atoms. The molecule has 120 valence electrons. The zero-order valence-corrected chi connectivity index (χ0v) is 14.0. The van der Waals surface area contributed by atoms with Crippen LogP contribution in [0, 0.1) is 6.92 Å². The molecule has 1 atom stereocenters. The molecule has 23 heavy (non-hydrogen) atoms. The number of carboxylic acid groups (broad SMARTS) is 1. The van der Waals surface area contributed by atoms with Gasteiger partial charge in [0.15, 0.2) is 11.9 Å². The standard InChI is InChI=1S/C16H15BrN2O4/c1-8-13(23-15(18-8)9-6-7-9)14(20)19-12(16(21)22)10-4-2-3-5-11(10)17/h2-5,9,12H,6-7H2,1H3,(H,19,20)(H,21,22). The van der Waals surface area contributed by atoms with Gasteiger partial charge in [0.2, 0.25) is 5.76 Å². The van der Waals surface area contributed by atoms with Gasteiger partial charge in [0.1, 0.15) is 0 Å². The topological polar surface area (TPSA) is 92.4 Å². The molecule has 6 nitrogen and oxygen atoms in total. The number of nitrogens with one attached hydrogen (secondary N) is 1. The van der Waals surface area contributed by atoms with Crippen LogP contribution in [-0.2, 0) is 4.79 Å². The Bertz CT molecular complexity index is 767. The summed E-state index contributed by atoms with van der Waals surface area (Å²) in [5.74, 6) is -0.811. The Morgan fingerprint density at radius 1 is 1.39 bits per heavy atom. The monoisotopic (exact) mass is 378 g/mol. The van der Waals surface area contributed by atoms with E-state index in [0.717, 1.165) is 12.8 Å². The molecule has 3 rings (SSSR count). The maximum Gasteiger partial charge on any atom is 0.330 e. The van der Waals surface area contributed by atoms with E-state index >= 15 is 0 Å². The number of carbonyl (C=O) groups excluding carboxylic acids is 1. The third-order valence-corrected chi connectivity index (χ3v) is 4.41. The molecule has 1 aliphatic rings. The number of carbonyl (C=O) groups is 2. The Hall–Kier alpha value is -2.15. The third-order valence-electron chi connectivity index (χ3n) is 3.68. The number of benzene rings is 1. The van der Waals surface area contributed by atoms with Crippen molar-refractivity contribution in [1.82, 2.24) is 10.3 Å². The summed E-state index contributed by atoms with van der Waals surface area (Å²) in [6.45, 7) is 1.68. The molecule has 0 aliphatic heterocycles. The highest BCUT2D eigenvalue weighted by Crippen LogP contribution is 2.40. The number of nitrogens with zero attached hydrogens (tertiary/aromatic N) is 1. The molecule has 0 radical (unpaired) electrons. The van der Waals surface area contributed by atoms with Gasteiger partial charge in [-0.1, -0.05) is 34.1 Å². The van der Waals surface area contributed by atoms with Crippen LogP contribution in [0.5, 0.6) is 0 Å². The predicted molar refractivity (Wildman–Crippen MR) is 85.2 cm³/mol. The summed E-state index contributed by atoms with van der Waals surface area (Å²) in [5, 5.41) is 11.9. The lowest BCUT2D eigenvalue weighted by molar-refractivity contribution is -0.139. The normalized spacial score (nSPS) is 15.2. The van der Waals surface area contributed by atoms with Crippen LogP contribution in [0.1, 0.15) is 52.5 Å². The van der Waals surface area contributed by atoms with Gasteiger partial charge in [-0.3, -0.25) is 4.79 Å². The largest absolute Gasteiger partial charge is 0.479 e. The lowest BCUT2D eigenvalue weighted by Crippen LogP contribution is -2.34. The van der Waals surface area contributed by atoms with Crippen LogP contribution in [0.2, 0.25) is 0 Å². The molecule has 1 unspecified atom stereocenters. The van der Waals surface area contributed by atoms with Crippen molar-refractivity contribution < 1.29 is 19.1 Å². The average Bonchev–Trinajstić information content (AvgIpc) is 3.28. The van der Waals surface area contributed by atoms with Gasteiger partial charge in [-0.25, -0.2) is 9.78 Å². The minimum absolute atomic E-state index is 0.0743. The van der Waals surface area contributed by atoms with E-state index in [1.807, 2.05) is 0 Å². The van der Waals surface area contributed by atoms with E-state index < -0.39 is 17.9 Å². The number of aryl methyl sites for hydroxylation is 1. The van der Waals surface area contributed by atoms with Crippen molar-refractivity contribution in [3.8, 4) is 0 Å². The summed E-state index contributed by atoms with van der Waals surface area (Å²) in [4.78, 5) is 28.2. The second-order valence-corrected chi connectivity index (χ2v) is 6.36. The molecule has 2 aromatic rings. The molecule has 1 aliphatic carbocycles. The molecule has 1 amide bonds. The molecule has 1 aromatic carbocycles. The van der Waals surface area contributed by atoms with E-state index in [0.29, 0.717) is 21.6 Å². The minimum Gasteiger partial charge on any atom is -0.479 e. The lowest BCUT2D eigenvalue weighted by atomic mass is 10.1. The van der Waals surface area contributed by atoms with Crippen LogP contribution in [-0.4, -0.2) is 22.0 Å². The van der Waals surface area contributed by atoms with Crippen molar-refractivity contribution in [2.24, 2.45) is 0 Å². The Balaban J connectivity index is 1.84. The predicted octanol–water partition coefficient (Wildman–Crippen LogP) is 3.18. The highest BCUT2D eigenvalue weighted by molar-refractivity contribution is 9.10. The van der Waals surface area contributed by atoms with Crippen molar-refractivity contribution in [2.45, 2.75) is 31.7 Å². The quantitative estimate of drug-likeness (QED) is 0.833. The minimum atomic E-state index is -1.17. The second-order valence-electron chi connectivity index (χ2n) is 5.51. The zero-order chi connectivity index (χ0) is 16.6. The van der Waals surface area contributed by atoms with Crippen LogP contribution in [0.25, 0.3) is 0 Å². The highest BCUT2D eigenvalue weighted by Gasteiger charge is 2.32. The summed E-state index contributed by atoms with van der Waals surface area (Å²) >= 11 is 3.31. The molecular formula is C16H15BrN2O4. The van der Waals surface area contributed by atoms with Crippen LogP contribution < -0.4 is 5.32 Å². The molecule has 1 heterocycles. The number of hydrogen-bond acceptors (Lipinski definition) is 4. The molecule has 0 spiro atoms. The van der Waals surface area contributed by atoms with E-state index in [9.17, 15) is 14.7 Å². The lowest BCUT2D eigenvalue weighted by Gasteiger charge is -2.15. The first kappa shape index (κ1) is 15.7. The van der Waals surface area contributed by atoms with Gasteiger partial charge in [-0.15, -0.1) is 0 Å². The first-order chi connectivity index (χ1) is 11.0. The second kappa shape index (κ2) is 6.16. The third kappa shape index (κ3) is 3.29. The van der Waals surface area contributed by atoms with Crippen molar-refractivity contribution in [1.29, 1.82) is 0 Å². The van der Waals surface area contributed by atoms with E-state index in [-0.39, 0.29) is 11.7 Å². The van der Waals surface area contributed by atoms with Crippen molar-refractivity contribution in [3.63, 3.8) is 0 Å². The van der Waals surface area contributed by atoms with Crippen LogP contribution in [0.15, 0.2) is 33.2 Å². The number of hydrogen-bond donors (Lipinski definition) is 2. The summed E-state index contributed by atoms with van der Waals surface area (Å²) in [6.07, 6.45) is 2.02. The summed E-state index contributed by atoms with van der Waals surface area (Å²) in [7, 11) is 0. The van der Waals surface area contributed by atoms with E-state index in [1.54, 1.807) is 31.2 Å². The van der Waals surface area contributed by atoms with Crippen molar-refractivity contribution in [3.05, 3.63) is 51.6 Å². The molecule has 0 saturated heterocycles. The maximum atomic E-state index is 12.4. The highest BCUT2D eigenvalue weighted by atomic mass is 79.9. The van der Waals surface area contributed by atoms with E-state index in [4.69, 9.17) is 4.42 Å². The molecule has 1 aromatic heterocycles. The Kier molecular flexibility index (Phi) is 4.21. The van der Waals surface area contributed by atoms with Gasteiger partial charge in [0.05, 0.1) is 5.69 Å². The molecule has 2 N–H and O–H groups in total. The Morgan fingerprint density at radius 2 is 2.09 bits per heavy atom. The number of rotatable bonds is 5. The fraction of sp³-hybridized carbons (Fsp3) is 0.312. The smallest absolute Gasteiger partial charge is 0.330 e. The van der Waals surface area contributed by atoms with Crippen LogP contribution in [0.4, 0.5) is 0 Å². The maximum absolute atomic E-state index is 12.4. The van der Waals surface area contributed by atoms with Gasteiger partial charge in [-0.2, -0.15) is 0 Å². The first-order valence-corrected chi connectivity index (χ1v) is 8.02. The van der Waals surface area contributed by atoms with Gasteiger partial charge in [-0.05, 0) is 31.4 Å². The van der Waals surface area contributed by atoms with Crippen LogP contribution >= 0.6 is 15.9 Å². The van der Waals surface area contributed by atoms with Crippen molar-refractivity contribution >= 4 is 27.8 Å². The number of oxazole rings is 1. The van der Waals surface area contributed by atoms with Gasteiger partial charge < -0.3 is 14.8 Å². The van der Waals surface area contributed by atoms with E-state index in [2.05, 4.69) is 26.2 Å². The van der Waals surface area contributed by atoms with Gasteiger partial charge in [0.25, 0.3) is 5.91 Å². The Labute approximate surface area is 141 Å². The summed E-state index contributed by atoms with van der Waals surface area (Å²) in [5.41, 5.74) is 0.939. The fourth-order valence-electron chi connectivity index (χ4n) is 2.31.